The summed E-state index contributed by atoms with van der Waals surface area (Å²) in [5.41, 5.74) is 3.62. The molecule has 0 aliphatic heterocycles. The van der Waals surface area contributed by atoms with Gasteiger partial charge in [0.25, 0.3) is 0 Å². The smallest absolute Gasteiger partial charge is 0.406 e. The summed E-state index contributed by atoms with van der Waals surface area (Å²) >= 11 is 0. The zero-order valence-electron chi connectivity index (χ0n) is 14.5. The van der Waals surface area contributed by atoms with Crippen molar-refractivity contribution in [2.75, 3.05) is 5.32 Å². The Labute approximate surface area is 152 Å². The molecule has 0 radical (unpaired) electrons. The lowest BCUT2D eigenvalue weighted by Gasteiger charge is -2.11. The van der Waals surface area contributed by atoms with Gasteiger partial charge in [0, 0.05) is 17.7 Å². The molecule has 0 unspecified atom stereocenters. The molecular formula is C17H16F3N5O2. The van der Waals surface area contributed by atoms with Crippen LogP contribution in [0.25, 0.3) is 5.65 Å². The first-order valence-corrected chi connectivity index (χ1v) is 8.05. The number of aromatic nitrogens is 4. The maximum absolute atomic E-state index is 12.2. The van der Waals surface area contributed by atoms with Crippen molar-refractivity contribution >= 4 is 17.2 Å². The quantitative estimate of drug-likeness (QED) is 0.736. The molecule has 1 amide bonds. The highest BCUT2D eigenvalue weighted by Crippen LogP contribution is 2.24. The predicted molar refractivity (Wildman–Crippen MR) is 90.3 cm³/mol. The van der Waals surface area contributed by atoms with E-state index in [1.54, 1.807) is 4.52 Å². The number of ether oxygens (including phenoxy) is 1. The second-order valence-corrected chi connectivity index (χ2v) is 5.91. The second-order valence-electron chi connectivity index (χ2n) is 5.91. The first-order chi connectivity index (χ1) is 12.7. The minimum absolute atomic E-state index is 0.189. The van der Waals surface area contributed by atoms with Gasteiger partial charge in [-0.25, -0.2) is 4.52 Å². The zero-order valence-corrected chi connectivity index (χ0v) is 14.5. The number of alkyl halides is 3. The number of rotatable bonds is 5. The number of hydrogen-bond donors (Lipinski definition) is 1. The minimum Gasteiger partial charge on any atom is -0.406 e. The minimum atomic E-state index is -4.75. The molecule has 1 N–H and O–H groups in total. The highest BCUT2D eigenvalue weighted by molar-refractivity contribution is 5.90. The fraction of sp³-hybridized carbons (Fsp3) is 0.294. The second kappa shape index (κ2) is 7.22. The Kier molecular flexibility index (Phi) is 4.98. The molecule has 0 spiro atoms. The molecular weight excluding hydrogens is 363 g/mol. The first-order valence-electron chi connectivity index (χ1n) is 8.05. The van der Waals surface area contributed by atoms with Gasteiger partial charge in [-0.2, -0.15) is 5.10 Å². The first kappa shape index (κ1) is 18.6. The molecule has 0 saturated heterocycles. The fourth-order valence-electron chi connectivity index (χ4n) is 2.75. The number of carbonyl (C=O) groups excluding carboxylic acids is 1. The van der Waals surface area contributed by atoms with Crippen LogP contribution >= 0.6 is 0 Å². The number of carbonyl (C=O) groups is 1. The molecule has 2 aromatic heterocycles. The third-order valence-corrected chi connectivity index (χ3v) is 3.99. The van der Waals surface area contributed by atoms with Crippen molar-refractivity contribution < 1.29 is 22.7 Å². The number of hydrogen-bond acceptors (Lipinski definition) is 5. The standard InChI is InChI=1S/C17H16F3N5O2/c1-10-14(11(2)24-25-9-21-23-16(10)25)7-8-15(26)22-12-3-5-13(6-4-12)27-17(18,19)20/h3-6,9H,7-8H2,1-2H3,(H,22,26). The van der Waals surface area contributed by atoms with Crippen LogP contribution in [-0.2, 0) is 11.2 Å². The summed E-state index contributed by atoms with van der Waals surface area (Å²) in [6.45, 7) is 3.74. The van der Waals surface area contributed by atoms with Crippen LogP contribution in [0.4, 0.5) is 18.9 Å². The largest absolute Gasteiger partial charge is 0.573 e. The number of nitrogens with zero attached hydrogens (tertiary/aromatic N) is 4. The molecule has 10 heteroatoms. The van der Waals surface area contributed by atoms with Gasteiger partial charge in [-0.05, 0) is 50.1 Å². The average molecular weight is 379 g/mol. The van der Waals surface area contributed by atoms with Crippen molar-refractivity contribution in [2.45, 2.75) is 33.1 Å². The van der Waals surface area contributed by atoms with E-state index in [0.717, 1.165) is 29.0 Å². The van der Waals surface area contributed by atoms with Crippen LogP contribution in [0.1, 0.15) is 23.2 Å². The SMILES string of the molecule is Cc1nn2cnnc2c(C)c1CCC(=O)Nc1ccc(OC(F)(F)F)cc1. The van der Waals surface area contributed by atoms with Gasteiger partial charge in [-0.15, -0.1) is 23.4 Å². The van der Waals surface area contributed by atoms with Gasteiger partial charge in [0.15, 0.2) is 5.65 Å². The molecule has 7 nitrogen and oxygen atoms in total. The molecule has 0 fully saturated rings. The fourth-order valence-corrected chi connectivity index (χ4v) is 2.75. The van der Waals surface area contributed by atoms with Crippen LogP contribution < -0.4 is 10.1 Å². The molecule has 0 aliphatic rings. The van der Waals surface area contributed by atoms with Crippen molar-refractivity contribution in [1.29, 1.82) is 0 Å². The molecule has 3 rings (SSSR count). The van der Waals surface area contributed by atoms with Crippen LogP contribution in [0, 0.1) is 13.8 Å². The van der Waals surface area contributed by atoms with Gasteiger partial charge in [0.2, 0.25) is 5.91 Å². The number of aryl methyl sites for hydroxylation is 2. The molecule has 142 valence electrons. The van der Waals surface area contributed by atoms with E-state index in [4.69, 9.17) is 0 Å². The summed E-state index contributed by atoms with van der Waals surface area (Å²) in [5.74, 6) is -0.612. The van der Waals surface area contributed by atoms with Gasteiger partial charge >= 0.3 is 6.36 Å². The monoisotopic (exact) mass is 379 g/mol. The summed E-state index contributed by atoms with van der Waals surface area (Å²) in [5, 5.41) is 14.8. The number of amides is 1. The highest BCUT2D eigenvalue weighted by atomic mass is 19.4. The Hall–Kier alpha value is -3.17. The molecule has 0 bridgehead atoms. The van der Waals surface area contributed by atoms with Crippen LogP contribution in [0.2, 0.25) is 0 Å². The Bertz CT molecular complexity index is 967. The van der Waals surface area contributed by atoms with Gasteiger partial charge in [0.1, 0.15) is 12.1 Å². The number of nitrogens with one attached hydrogen (secondary N) is 1. The summed E-state index contributed by atoms with van der Waals surface area (Å²) in [6, 6.07) is 4.97. The Balaban J connectivity index is 1.62. The zero-order chi connectivity index (χ0) is 19.6. The average Bonchev–Trinajstić information content (AvgIpc) is 3.03. The van der Waals surface area contributed by atoms with Crippen molar-refractivity contribution in [3.8, 4) is 5.75 Å². The Morgan fingerprint density at radius 3 is 2.59 bits per heavy atom. The molecule has 0 aliphatic carbocycles. The van der Waals surface area contributed by atoms with E-state index in [9.17, 15) is 18.0 Å². The van der Waals surface area contributed by atoms with Gasteiger partial charge in [0.05, 0.1) is 5.69 Å². The van der Waals surface area contributed by atoms with Crippen LogP contribution in [0.5, 0.6) is 5.75 Å². The number of halogens is 3. The van der Waals surface area contributed by atoms with Crippen LogP contribution in [-0.4, -0.2) is 32.1 Å². The lowest BCUT2D eigenvalue weighted by Crippen LogP contribution is -2.17. The highest BCUT2D eigenvalue weighted by Gasteiger charge is 2.30. The van der Waals surface area contributed by atoms with E-state index in [1.807, 2.05) is 13.8 Å². The number of fused-ring (bicyclic) bond motifs is 1. The van der Waals surface area contributed by atoms with Gasteiger partial charge < -0.3 is 10.1 Å². The van der Waals surface area contributed by atoms with E-state index < -0.39 is 6.36 Å². The number of anilines is 1. The predicted octanol–water partition coefficient (Wildman–Crippen LogP) is 3.21. The van der Waals surface area contributed by atoms with E-state index >= 15 is 0 Å². The molecule has 1 aromatic carbocycles. The van der Waals surface area contributed by atoms with E-state index in [-0.39, 0.29) is 18.1 Å². The van der Waals surface area contributed by atoms with E-state index in [2.05, 4.69) is 25.3 Å². The van der Waals surface area contributed by atoms with Crippen molar-refractivity contribution in [1.82, 2.24) is 19.8 Å². The third kappa shape index (κ3) is 4.52. The topological polar surface area (TPSA) is 81.4 Å². The lowest BCUT2D eigenvalue weighted by atomic mass is 10.0. The summed E-state index contributed by atoms with van der Waals surface area (Å²) in [4.78, 5) is 12.2. The Morgan fingerprint density at radius 1 is 1.22 bits per heavy atom. The number of benzene rings is 1. The summed E-state index contributed by atoms with van der Waals surface area (Å²) in [7, 11) is 0. The molecule has 3 aromatic rings. The van der Waals surface area contributed by atoms with E-state index in [1.165, 1.54) is 18.5 Å². The maximum Gasteiger partial charge on any atom is 0.573 e. The molecule has 2 heterocycles. The molecule has 27 heavy (non-hydrogen) atoms. The molecule has 0 saturated carbocycles. The summed E-state index contributed by atoms with van der Waals surface area (Å²) in [6.07, 6.45) is -2.60. The summed E-state index contributed by atoms with van der Waals surface area (Å²) < 4.78 is 41.8. The molecule has 0 atom stereocenters. The Morgan fingerprint density at radius 2 is 1.93 bits per heavy atom. The lowest BCUT2D eigenvalue weighted by molar-refractivity contribution is -0.274. The van der Waals surface area contributed by atoms with Crippen LogP contribution in [0.3, 0.4) is 0 Å². The van der Waals surface area contributed by atoms with Crippen molar-refractivity contribution in [3.63, 3.8) is 0 Å². The maximum atomic E-state index is 12.2. The van der Waals surface area contributed by atoms with Crippen LogP contribution in [0.15, 0.2) is 30.6 Å². The van der Waals surface area contributed by atoms with E-state index in [0.29, 0.717) is 17.8 Å². The van der Waals surface area contributed by atoms with Crippen molar-refractivity contribution in [2.24, 2.45) is 0 Å². The van der Waals surface area contributed by atoms with Gasteiger partial charge in [-0.3, -0.25) is 4.79 Å². The van der Waals surface area contributed by atoms with Gasteiger partial charge in [-0.1, -0.05) is 0 Å². The van der Waals surface area contributed by atoms with Crippen molar-refractivity contribution in [3.05, 3.63) is 47.4 Å². The third-order valence-electron chi connectivity index (χ3n) is 3.99. The normalized spacial score (nSPS) is 11.6.